The van der Waals surface area contributed by atoms with Crippen molar-refractivity contribution in [3.63, 3.8) is 0 Å². The molecular weight excluding hydrogens is 451 g/mol. The molecule has 1 spiro atoms. The molecule has 2 amide bonds. The number of nitrogens with one attached hydrogen (secondary N) is 1. The molecule has 2 atom stereocenters. The van der Waals surface area contributed by atoms with Crippen LogP contribution in [0.1, 0.15) is 29.5 Å². The first-order chi connectivity index (χ1) is 16.0. The van der Waals surface area contributed by atoms with E-state index in [1.54, 1.807) is 12.4 Å². The van der Waals surface area contributed by atoms with Crippen molar-refractivity contribution in [1.82, 2.24) is 15.2 Å². The maximum atomic E-state index is 12.6. The molecule has 0 radical (unpaired) electrons. The van der Waals surface area contributed by atoms with Gasteiger partial charge in [0.25, 0.3) is 0 Å². The molecule has 1 saturated heterocycles. The number of halogens is 3. The summed E-state index contributed by atoms with van der Waals surface area (Å²) in [5.74, 6) is -2.46. The van der Waals surface area contributed by atoms with Gasteiger partial charge in [-0.05, 0) is 37.0 Å². The molecule has 1 aromatic carbocycles. The second kappa shape index (κ2) is 10.2. The number of likely N-dealkylation sites (tertiary alicyclic amines) is 1. The summed E-state index contributed by atoms with van der Waals surface area (Å²) in [7, 11) is 0. The van der Waals surface area contributed by atoms with Crippen molar-refractivity contribution in [3.05, 3.63) is 65.5 Å². The zero-order chi connectivity index (χ0) is 24.9. The number of benzene rings is 1. The number of pyridine rings is 1. The first kappa shape index (κ1) is 25.2. The van der Waals surface area contributed by atoms with Gasteiger partial charge in [-0.3, -0.25) is 14.6 Å². The smallest absolute Gasteiger partial charge is 0.475 e. The van der Waals surface area contributed by atoms with Gasteiger partial charge in [-0.1, -0.05) is 35.9 Å². The molecule has 4 rings (SSSR count). The van der Waals surface area contributed by atoms with Crippen LogP contribution in [0.3, 0.4) is 0 Å². The number of nitrogens with zero attached hydrogens (tertiary/aromatic N) is 2. The van der Waals surface area contributed by atoms with E-state index in [0.717, 1.165) is 30.5 Å². The largest absolute Gasteiger partial charge is 0.490 e. The quantitative estimate of drug-likeness (QED) is 0.690. The summed E-state index contributed by atoms with van der Waals surface area (Å²) < 4.78 is 31.7. The molecule has 1 aliphatic carbocycles. The maximum absolute atomic E-state index is 12.6. The summed E-state index contributed by atoms with van der Waals surface area (Å²) >= 11 is 0. The van der Waals surface area contributed by atoms with Crippen LogP contribution in [0.4, 0.5) is 13.2 Å². The van der Waals surface area contributed by atoms with E-state index in [9.17, 15) is 22.8 Å². The van der Waals surface area contributed by atoms with Gasteiger partial charge in [0.1, 0.15) is 0 Å². The van der Waals surface area contributed by atoms with Crippen molar-refractivity contribution in [2.75, 3.05) is 13.1 Å². The minimum Gasteiger partial charge on any atom is -0.475 e. The van der Waals surface area contributed by atoms with Crippen LogP contribution in [0.25, 0.3) is 0 Å². The Balaban J connectivity index is 0.000000406. The normalized spacial score (nSPS) is 20.9. The average Bonchev–Trinajstić information content (AvgIpc) is 3.33. The summed E-state index contributed by atoms with van der Waals surface area (Å²) in [6, 6.07) is 11.9. The number of aromatic nitrogens is 1. The Kier molecular flexibility index (Phi) is 7.58. The summed E-state index contributed by atoms with van der Waals surface area (Å²) in [6.45, 7) is 4.03. The fourth-order valence-corrected chi connectivity index (χ4v) is 4.09. The lowest BCUT2D eigenvalue weighted by Gasteiger charge is -2.17. The SMILES string of the molecule is Cc1ccc(CC(=O)N2CCC3(CC3C(=O)NCc3cccnc3)C2)cc1.O=C(O)C(F)(F)F. The van der Waals surface area contributed by atoms with Crippen LogP contribution in [0.2, 0.25) is 0 Å². The van der Waals surface area contributed by atoms with E-state index in [4.69, 9.17) is 9.90 Å². The van der Waals surface area contributed by atoms with Gasteiger partial charge in [0.2, 0.25) is 11.8 Å². The molecule has 2 fully saturated rings. The van der Waals surface area contributed by atoms with Gasteiger partial charge in [-0.25, -0.2) is 4.79 Å². The van der Waals surface area contributed by atoms with E-state index in [-0.39, 0.29) is 23.1 Å². The molecule has 0 bridgehead atoms. The first-order valence-electron chi connectivity index (χ1n) is 10.8. The number of carbonyl (C=O) groups is 3. The highest BCUT2D eigenvalue weighted by molar-refractivity contribution is 5.84. The third-order valence-corrected chi connectivity index (χ3v) is 6.15. The van der Waals surface area contributed by atoms with Crippen molar-refractivity contribution in [1.29, 1.82) is 0 Å². The zero-order valence-electron chi connectivity index (χ0n) is 18.6. The number of hydrogen-bond acceptors (Lipinski definition) is 4. The van der Waals surface area contributed by atoms with Gasteiger partial charge in [0.15, 0.2) is 0 Å². The van der Waals surface area contributed by atoms with E-state index in [0.29, 0.717) is 19.5 Å². The number of carboxylic acid groups (broad SMARTS) is 1. The van der Waals surface area contributed by atoms with Crippen molar-refractivity contribution in [3.8, 4) is 0 Å². The van der Waals surface area contributed by atoms with Gasteiger partial charge in [0.05, 0.1) is 6.42 Å². The van der Waals surface area contributed by atoms with Gasteiger partial charge in [-0.15, -0.1) is 0 Å². The molecule has 2 heterocycles. The second-order valence-electron chi connectivity index (χ2n) is 8.73. The standard InChI is InChI=1S/C22H25N3O2.C2HF3O2/c1-16-4-6-17(7-5-16)11-20(26)25-10-8-22(15-25)12-19(22)21(27)24-14-18-3-2-9-23-13-18;3-2(4,5)1(6)7/h2-7,9,13,19H,8,10-12,14-15H2,1H3,(H,24,27);(H,6,7). The lowest BCUT2D eigenvalue weighted by atomic mass is 10.0. The van der Waals surface area contributed by atoms with Gasteiger partial charge < -0.3 is 15.3 Å². The highest BCUT2D eigenvalue weighted by Gasteiger charge is 2.61. The van der Waals surface area contributed by atoms with Crippen LogP contribution in [0.15, 0.2) is 48.8 Å². The molecule has 182 valence electrons. The Morgan fingerprint density at radius 1 is 1.18 bits per heavy atom. The molecule has 2 aromatic rings. The number of carbonyl (C=O) groups excluding carboxylic acids is 2. The van der Waals surface area contributed by atoms with E-state index in [2.05, 4.69) is 10.3 Å². The van der Waals surface area contributed by atoms with E-state index < -0.39 is 12.1 Å². The minimum atomic E-state index is -5.08. The number of aryl methyl sites for hydroxylation is 1. The monoisotopic (exact) mass is 477 g/mol. The highest BCUT2D eigenvalue weighted by Crippen LogP contribution is 2.58. The number of rotatable bonds is 5. The third kappa shape index (κ3) is 6.55. The Morgan fingerprint density at radius 2 is 1.85 bits per heavy atom. The van der Waals surface area contributed by atoms with Crippen LogP contribution in [-0.4, -0.2) is 52.0 Å². The Labute approximate surface area is 195 Å². The summed E-state index contributed by atoms with van der Waals surface area (Å²) in [5, 5.41) is 10.1. The number of alkyl halides is 3. The highest BCUT2D eigenvalue weighted by atomic mass is 19.4. The van der Waals surface area contributed by atoms with Crippen molar-refractivity contribution < 1.29 is 32.7 Å². The maximum Gasteiger partial charge on any atom is 0.490 e. The van der Waals surface area contributed by atoms with Gasteiger partial charge >= 0.3 is 12.1 Å². The molecule has 1 saturated carbocycles. The van der Waals surface area contributed by atoms with E-state index in [1.807, 2.05) is 48.2 Å². The predicted octanol–water partition coefficient (Wildman–Crippen LogP) is 3.12. The predicted molar refractivity (Wildman–Crippen MR) is 116 cm³/mol. The number of hydrogen-bond donors (Lipinski definition) is 2. The Morgan fingerprint density at radius 3 is 2.44 bits per heavy atom. The van der Waals surface area contributed by atoms with Crippen LogP contribution in [-0.2, 0) is 27.3 Å². The summed E-state index contributed by atoms with van der Waals surface area (Å²) in [6.07, 6.45) is 0.665. The van der Waals surface area contributed by atoms with Crippen molar-refractivity contribution >= 4 is 17.8 Å². The van der Waals surface area contributed by atoms with Crippen molar-refractivity contribution in [2.24, 2.45) is 11.3 Å². The van der Waals surface area contributed by atoms with E-state index in [1.165, 1.54) is 5.56 Å². The molecule has 7 nitrogen and oxygen atoms in total. The lowest BCUT2D eigenvalue weighted by molar-refractivity contribution is -0.192. The summed E-state index contributed by atoms with van der Waals surface area (Å²) in [4.78, 5) is 40.0. The molecule has 1 aromatic heterocycles. The number of amides is 2. The Hall–Kier alpha value is -3.43. The van der Waals surface area contributed by atoms with Crippen LogP contribution >= 0.6 is 0 Å². The second-order valence-corrected chi connectivity index (χ2v) is 8.73. The molecule has 2 N–H and O–H groups in total. The first-order valence-corrected chi connectivity index (χ1v) is 10.8. The molecular formula is C24H26F3N3O4. The van der Waals surface area contributed by atoms with Crippen molar-refractivity contribution in [2.45, 2.75) is 38.9 Å². The number of aliphatic carboxylic acids is 1. The van der Waals surface area contributed by atoms with Gasteiger partial charge in [0, 0.05) is 43.4 Å². The van der Waals surface area contributed by atoms with Crippen LogP contribution < -0.4 is 5.32 Å². The van der Waals surface area contributed by atoms with Crippen LogP contribution in [0.5, 0.6) is 0 Å². The Bertz CT molecular complexity index is 1030. The van der Waals surface area contributed by atoms with E-state index >= 15 is 0 Å². The van der Waals surface area contributed by atoms with Gasteiger partial charge in [-0.2, -0.15) is 13.2 Å². The fraction of sp³-hybridized carbons (Fsp3) is 0.417. The third-order valence-electron chi connectivity index (χ3n) is 6.15. The molecule has 1 aliphatic heterocycles. The molecule has 2 aliphatic rings. The lowest BCUT2D eigenvalue weighted by Crippen LogP contribution is -2.32. The number of carboxylic acids is 1. The molecule has 34 heavy (non-hydrogen) atoms. The molecule has 10 heteroatoms. The zero-order valence-corrected chi connectivity index (χ0v) is 18.6. The summed E-state index contributed by atoms with van der Waals surface area (Å²) in [5.41, 5.74) is 3.25. The van der Waals surface area contributed by atoms with Crippen LogP contribution in [0, 0.1) is 18.3 Å². The average molecular weight is 477 g/mol. The molecule has 2 unspecified atom stereocenters. The topological polar surface area (TPSA) is 99.6 Å². The minimum absolute atomic E-state index is 0.00194. The fourth-order valence-electron chi connectivity index (χ4n) is 4.09.